The molecule has 0 bridgehead atoms. The molecule has 0 aromatic heterocycles. The van der Waals surface area contributed by atoms with Crippen molar-refractivity contribution in [1.29, 1.82) is 0 Å². The van der Waals surface area contributed by atoms with Crippen LogP contribution in [0.1, 0.15) is 18.9 Å². The molecule has 1 N–H and O–H groups in total. The van der Waals surface area contributed by atoms with Crippen molar-refractivity contribution >= 4 is 12.1 Å². The number of aliphatic carboxylic acids is 1. The lowest BCUT2D eigenvalue weighted by atomic mass is 10.2. The molecule has 0 radical (unpaired) electrons. The molecule has 22 heavy (non-hydrogen) atoms. The first-order valence-corrected chi connectivity index (χ1v) is 7.47. The lowest BCUT2D eigenvalue weighted by Crippen LogP contribution is -2.54. The molecule has 120 valence electrons. The van der Waals surface area contributed by atoms with E-state index in [1.807, 2.05) is 37.3 Å². The molecule has 6 heteroatoms. The van der Waals surface area contributed by atoms with Crippen LogP contribution in [0.15, 0.2) is 30.3 Å². The van der Waals surface area contributed by atoms with E-state index in [0.29, 0.717) is 26.2 Å². The number of rotatable bonds is 5. The first-order valence-electron chi connectivity index (χ1n) is 7.47. The summed E-state index contributed by atoms with van der Waals surface area (Å²) in [5.74, 6) is -0.795. The van der Waals surface area contributed by atoms with E-state index >= 15 is 0 Å². The molecule has 1 aliphatic rings. The Morgan fingerprint density at radius 3 is 2.64 bits per heavy atom. The van der Waals surface area contributed by atoms with E-state index in [4.69, 9.17) is 9.84 Å². The molecule has 2 rings (SSSR count). The van der Waals surface area contributed by atoms with Crippen molar-refractivity contribution in [2.24, 2.45) is 0 Å². The molecule has 1 fully saturated rings. The third-order valence-electron chi connectivity index (χ3n) is 3.84. The SMILES string of the molecule is C[C@H]1CN(C(=O)OCc2ccccc2)CCN1CCC(=O)O. The molecule has 0 spiro atoms. The number of carboxylic acid groups (broad SMARTS) is 1. The molecule has 1 saturated heterocycles. The van der Waals surface area contributed by atoms with Gasteiger partial charge in [-0.1, -0.05) is 30.3 Å². The lowest BCUT2D eigenvalue weighted by molar-refractivity contribution is -0.137. The number of nitrogens with zero attached hydrogens (tertiary/aromatic N) is 2. The van der Waals surface area contributed by atoms with Crippen LogP contribution in [-0.2, 0) is 16.1 Å². The van der Waals surface area contributed by atoms with E-state index in [1.165, 1.54) is 0 Å². The maximum Gasteiger partial charge on any atom is 0.410 e. The average molecular weight is 306 g/mol. The van der Waals surface area contributed by atoms with E-state index in [0.717, 1.165) is 5.56 Å². The first-order chi connectivity index (χ1) is 10.6. The molecular weight excluding hydrogens is 284 g/mol. The Labute approximate surface area is 130 Å². The summed E-state index contributed by atoms with van der Waals surface area (Å²) in [7, 11) is 0. The highest BCUT2D eigenvalue weighted by Gasteiger charge is 2.27. The van der Waals surface area contributed by atoms with Crippen molar-refractivity contribution in [3.05, 3.63) is 35.9 Å². The van der Waals surface area contributed by atoms with E-state index in [9.17, 15) is 9.59 Å². The minimum absolute atomic E-state index is 0.128. The third-order valence-corrected chi connectivity index (χ3v) is 3.84. The molecular formula is C16H22N2O4. The van der Waals surface area contributed by atoms with Gasteiger partial charge in [0.1, 0.15) is 6.61 Å². The van der Waals surface area contributed by atoms with Crippen LogP contribution in [0.2, 0.25) is 0 Å². The minimum atomic E-state index is -0.795. The highest BCUT2D eigenvalue weighted by Crippen LogP contribution is 2.12. The zero-order valence-electron chi connectivity index (χ0n) is 12.8. The summed E-state index contributed by atoms with van der Waals surface area (Å²) < 4.78 is 5.32. The van der Waals surface area contributed by atoms with Gasteiger partial charge in [-0.15, -0.1) is 0 Å². The van der Waals surface area contributed by atoms with Gasteiger partial charge in [0.05, 0.1) is 6.42 Å². The second kappa shape index (κ2) is 7.79. The number of hydrogen-bond donors (Lipinski definition) is 1. The number of ether oxygens (including phenoxy) is 1. The summed E-state index contributed by atoms with van der Waals surface area (Å²) in [6.07, 6.45) is -0.184. The summed E-state index contributed by atoms with van der Waals surface area (Å²) >= 11 is 0. The Bertz CT molecular complexity index is 506. The molecule has 0 unspecified atom stereocenters. The zero-order valence-corrected chi connectivity index (χ0v) is 12.8. The fraction of sp³-hybridized carbons (Fsp3) is 0.500. The molecule has 1 aliphatic heterocycles. The smallest absolute Gasteiger partial charge is 0.410 e. The number of carbonyl (C=O) groups excluding carboxylic acids is 1. The van der Waals surface area contributed by atoms with Crippen LogP contribution in [-0.4, -0.2) is 59.2 Å². The quantitative estimate of drug-likeness (QED) is 0.898. The zero-order chi connectivity index (χ0) is 15.9. The lowest BCUT2D eigenvalue weighted by Gasteiger charge is -2.39. The van der Waals surface area contributed by atoms with Crippen molar-refractivity contribution in [1.82, 2.24) is 9.80 Å². The molecule has 0 saturated carbocycles. The summed E-state index contributed by atoms with van der Waals surface area (Å²) in [5.41, 5.74) is 0.962. The van der Waals surface area contributed by atoms with Crippen molar-refractivity contribution in [3.63, 3.8) is 0 Å². The highest BCUT2D eigenvalue weighted by molar-refractivity contribution is 5.68. The predicted octanol–water partition coefficient (Wildman–Crippen LogP) is 1.80. The third kappa shape index (κ3) is 4.73. The average Bonchev–Trinajstić information content (AvgIpc) is 2.52. The van der Waals surface area contributed by atoms with Crippen molar-refractivity contribution in [3.8, 4) is 0 Å². The van der Waals surface area contributed by atoms with Gasteiger partial charge in [-0.3, -0.25) is 9.69 Å². The summed E-state index contributed by atoms with van der Waals surface area (Å²) in [4.78, 5) is 26.5. The number of hydrogen-bond acceptors (Lipinski definition) is 4. The van der Waals surface area contributed by atoms with Gasteiger partial charge in [0, 0.05) is 32.2 Å². The molecule has 1 heterocycles. The summed E-state index contributed by atoms with van der Waals surface area (Å²) in [6, 6.07) is 9.71. The number of benzene rings is 1. The van der Waals surface area contributed by atoms with E-state index in [-0.39, 0.29) is 25.2 Å². The predicted molar refractivity (Wildman–Crippen MR) is 81.5 cm³/mol. The van der Waals surface area contributed by atoms with Crippen LogP contribution in [0.5, 0.6) is 0 Å². The van der Waals surface area contributed by atoms with E-state index in [1.54, 1.807) is 4.90 Å². The molecule has 1 atom stereocenters. The topological polar surface area (TPSA) is 70.1 Å². The largest absolute Gasteiger partial charge is 0.481 e. The number of carbonyl (C=O) groups is 2. The fourth-order valence-corrected chi connectivity index (χ4v) is 2.54. The van der Waals surface area contributed by atoms with Crippen molar-refractivity contribution < 1.29 is 19.4 Å². The highest BCUT2D eigenvalue weighted by atomic mass is 16.6. The minimum Gasteiger partial charge on any atom is -0.481 e. The maximum absolute atomic E-state index is 12.1. The Hall–Kier alpha value is -2.08. The summed E-state index contributed by atoms with van der Waals surface area (Å²) in [5, 5.41) is 8.74. The monoisotopic (exact) mass is 306 g/mol. The first kappa shape index (κ1) is 16.3. The molecule has 1 aromatic rings. The molecule has 1 aromatic carbocycles. The Morgan fingerprint density at radius 1 is 1.27 bits per heavy atom. The van der Waals surface area contributed by atoms with E-state index in [2.05, 4.69) is 4.90 Å². The standard InChI is InChI=1S/C16H22N2O4/c1-13-11-18(10-9-17(13)8-7-15(19)20)16(21)22-12-14-5-3-2-4-6-14/h2-6,13H,7-12H2,1H3,(H,19,20)/t13-/m0/s1. The van der Waals surface area contributed by atoms with Crippen LogP contribution < -0.4 is 0 Å². The Kier molecular flexibility index (Phi) is 5.77. The second-order valence-electron chi connectivity index (χ2n) is 5.51. The van der Waals surface area contributed by atoms with Gasteiger partial charge < -0.3 is 14.7 Å². The van der Waals surface area contributed by atoms with Gasteiger partial charge >= 0.3 is 12.1 Å². The van der Waals surface area contributed by atoms with Crippen LogP contribution in [0, 0.1) is 0 Å². The van der Waals surface area contributed by atoms with E-state index < -0.39 is 5.97 Å². The van der Waals surface area contributed by atoms with Crippen LogP contribution in [0.4, 0.5) is 4.79 Å². The fourth-order valence-electron chi connectivity index (χ4n) is 2.54. The number of amides is 1. The van der Waals surface area contributed by atoms with Crippen molar-refractivity contribution in [2.75, 3.05) is 26.2 Å². The molecule has 1 amide bonds. The molecule has 6 nitrogen and oxygen atoms in total. The Balaban J connectivity index is 1.77. The van der Waals surface area contributed by atoms with Crippen LogP contribution >= 0.6 is 0 Å². The van der Waals surface area contributed by atoms with Gasteiger partial charge in [-0.05, 0) is 12.5 Å². The summed E-state index contributed by atoms with van der Waals surface area (Å²) in [6.45, 7) is 4.59. The Morgan fingerprint density at radius 2 is 2.00 bits per heavy atom. The van der Waals surface area contributed by atoms with Gasteiger partial charge in [0.2, 0.25) is 0 Å². The van der Waals surface area contributed by atoms with Crippen molar-refractivity contribution in [2.45, 2.75) is 26.0 Å². The maximum atomic E-state index is 12.1. The number of piperazine rings is 1. The van der Waals surface area contributed by atoms with Gasteiger partial charge in [-0.25, -0.2) is 4.79 Å². The van der Waals surface area contributed by atoms with Gasteiger partial charge in [0.25, 0.3) is 0 Å². The normalized spacial score (nSPS) is 19.0. The van der Waals surface area contributed by atoms with Gasteiger partial charge in [-0.2, -0.15) is 0 Å². The van der Waals surface area contributed by atoms with Gasteiger partial charge in [0.15, 0.2) is 0 Å². The second-order valence-corrected chi connectivity index (χ2v) is 5.51. The number of carboxylic acids is 1. The van der Waals surface area contributed by atoms with Crippen LogP contribution in [0.3, 0.4) is 0 Å². The van der Waals surface area contributed by atoms with Crippen LogP contribution in [0.25, 0.3) is 0 Å². The molecule has 0 aliphatic carbocycles.